The highest BCUT2D eigenvalue weighted by Crippen LogP contribution is 2.36. The van der Waals surface area contributed by atoms with Crippen LogP contribution in [-0.2, 0) is 0 Å². The summed E-state index contributed by atoms with van der Waals surface area (Å²) in [5, 5.41) is 0. The first kappa shape index (κ1) is 17.1. The van der Waals surface area contributed by atoms with Crippen molar-refractivity contribution >= 4 is 11.1 Å². The van der Waals surface area contributed by atoms with Gasteiger partial charge in [0.2, 0.25) is 0 Å². The van der Waals surface area contributed by atoms with E-state index in [1.54, 1.807) is 0 Å². The van der Waals surface area contributed by atoms with E-state index in [1.807, 2.05) is 0 Å². The third kappa shape index (κ3) is 3.75. The number of benzene rings is 4. The van der Waals surface area contributed by atoms with Crippen LogP contribution in [0, 0.1) is 6.92 Å². The highest BCUT2D eigenvalue weighted by atomic mass is 14.2. The lowest BCUT2D eigenvalue weighted by molar-refractivity contribution is 1.43. The molecule has 130 valence electrons. The SMILES string of the molecule is Cc1cccc(C(=C(c2ccccc2)c2ccccc2)c2ccccc2)c1. The van der Waals surface area contributed by atoms with Gasteiger partial charge in [0.1, 0.15) is 0 Å². The zero-order valence-corrected chi connectivity index (χ0v) is 15.5. The lowest BCUT2D eigenvalue weighted by atomic mass is 9.85. The Balaban J connectivity index is 2.10. The maximum absolute atomic E-state index is 2.27. The van der Waals surface area contributed by atoms with Crippen LogP contribution < -0.4 is 0 Å². The molecule has 0 radical (unpaired) electrons. The molecule has 4 rings (SSSR count). The smallest absolute Gasteiger partial charge is 0.00267 e. The molecule has 0 amide bonds. The summed E-state index contributed by atoms with van der Waals surface area (Å²) >= 11 is 0. The van der Waals surface area contributed by atoms with Gasteiger partial charge in [0.25, 0.3) is 0 Å². The fraction of sp³-hybridized carbons (Fsp3) is 0.0370. The Kier molecular flexibility index (Phi) is 4.98. The Morgan fingerprint density at radius 3 is 1.19 bits per heavy atom. The molecule has 0 bridgehead atoms. The molecule has 0 aliphatic carbocycles. The number of hydrogen-bond donors (Lipinski definition) is 0. The molecule has 0 N–H and O–H groups in total. The minimum Gasteiger partial charge on any atom is -0.0622 e. The average Bonchev–Trinajstić information content (AvgIpc) is 2.74. The molecule has 0 atom stereocenters. The van der Waals surface area contributed by atoms with Gasteiger partial charge in [-0.1, -0.05) is 121 Å². The third-order valence-corrected chi connectivity index (χ3v) is 4.74. The molecule has 0 nitrogen and oxygen atoms in total. The van der Waals surface area contributed by atoms with Gasteiger partial charge < -0.3 is 0 Å². The van der Waals surface area contributed by atoms with Crippen molar-refractivity contribution < 1.29 is 0 Å². The standard InChI is InChI=1S/C27H22/c1-21-12-11-19-25(20-21)27(24-17-9-4-10-18-24)26(22-13-5-2-6-14-22)23-15-7-3-8-16-23/h2-20H,1H3. The van der Waals surface area contributed by atoms with Crippen molar-refractivity contribution in [2.45, 2.75) is 6.92 Å². The van der Waals surface area contributed by atoms with E-state index in [4.69, 9.17) is 0 Å². The second-order valence-electron chi connectivity index (χ2n) is 6.72. The van der Waals surface area contributed by atoms with Crippen molar-refractivity contribution in [3.63, 3.8) is 0 Å². The van der Waals surface area contributed by atoms with Crippen LogP contribution in [-0.4, -0.2) is 0 Å². The number of aryl methyl sites for hydroxylation is 1. The normalized spacial score (nSPS) is 10.4. The van der Waals surface area contributed by atoms with Crippen LogP contribution in [0.4, 0.5) is 0 Å². The average molecular weight is 346 g/mol. The molecule has 0 heterocycles. The Labute approximate surface area is 161 Å². The molecular weight excluding hydrogens is 324 g/mol. The molecule has 0 heteroatoms. The van der Waals surface area contributed by atoms with Crippen LogP contribution >= 0.6 is 0 Å². The summed E-state index contributed by atoms with van der Waals surface area (Å²) < 4.78 is 0. The van der Waals surface area contributed by atoms with E-state index >= 15 is 0 Å². The van der Waals surface area contributed by atoms with Gasteiger partial charge in [-0.05, 0) is 40.3 Å². The minimum absolute atomic E-state index is 1.23. The molecule has 27 heavy (non-hydrogen) atoms. The first-order chi connectivity index (χ1) is 13.3. The van der Waals surface area contributed by atoms with Crippen molar-refractivity contribution in [3.8, 4) is 0 Å². The fourth-order valence-corrected chi connectivity index (χ4v) is 3.53. The zero-order valence-electron chi connectivity index (χ0n) is 15.5. The molecule has 0 aliphatic rings. The Morgan fingerprint density at radius 1 is 0.407 bits per heavy atom. The summed E-state index contributed by atoms with van der Waals surface area (Å²) in [5.74, 6) is 0. The van der Waals surface area contributed by atoms with Crippen molar-refractivity contribution in [1.29, 1.82) is 0 Å². The van der Waals surface area contributed by atoms with E-state index in [-0.39, 0.29) is 0 Å². The van der Waals surface area contributed by atoms with Crippen LogP contribution in [0.5, 0.6) is 0 Å². The van der Waals surface area contributed by atoms with Crippen LogP contribution in [0.2, 0.25) is 0 Å². The molecule has 0 fully saturated rings. The molecule has 0 saturated heterocycles. The van der Waals surface area contributed by atoms with Gasteiger partial charge in [0, 0.05) is 0 Å². The highest BCUT2D eigenvalue weighted by molar-refractivity contribution is 6.04. The summed E-state index contributed by atoms with van der Waals surface area (Å²) in [6, 6.07) is 40.8. The van der Waals surface area contributed by atoms with Crippen molar-refractivity contribution in [2.24, 2.45) is 0 Å². The van der Waals surface area contributed by atoms with Gasteiger partial charge in [-0.2, -0.15) is 0 Å². The van der Waals surface area contributed by atoms with E-state index in [2.05, 4.69) is 122 Å². The van der Waals surface area contributed by atoms with Crippen LogP contribution in [0.3, 0.4) is 0 Å². The summed E-state index contributed by atoms with van der Waals surface area (Å²) in [7, 11) is 0. The maximum Gasteiger partial charge on any atom is -0.00267 e. The number of hydrogen-bond acceptors (Lipinski definition) is 0. The third-order valence-electron chi connectivity index (χ3n) is 4.74. The van der Waals surface area contributed by atoms with Crippen molar-refractivity contribution in [3.05, 3.63) is 143 Å². The van der Waals surface area contributed by atoms with E-state index in [0.29, 0.717) is 0 Å². The Bertz CT molecular complexity index is 1000. The van der Waals surface area contributed by atoms with Crippen LogP contribution in [0.15, 0.2) is 115 Å². The largest absolute Gasteiger partial charge is 0.0622 e. The second-order valence-corrected chi connectivity index (χ2v) is 6.72. The monoisotopic (exact) mass is 346 g/mol. The molecule has 0 aromatic heterocycles. The first-order valence-corrected chi connectivity index (χ1v) is 9.30. The summed E-state index contributed by atoms with van der Waals surface area (Å²) in [4.78, 5) is 0. The minimum atomic E-state index is 1.23. The maximum atomic E-state index is 2.27. The van der Waals surface area contributed by atoms with Gasteiger partial charge in [-0.15, -0.1) is 0 Å². The van der Waals surface area contributed by atoms with Gasteiger partial charge in [-0.25, -0.2) is 0 Å². The molecule has 0 aliphatic heterocycles. The van der Waals surface area contributed by atoms with Gasteiger partial charge >= 0.3 is 0 Å². The summed E-state index contributed by atoms with van der Waals surface area (Å²) in [6.07, 6.45) is 0. The van der Waals surface area contributed by atoms with E-state index in [0.717, 1.165) is 0 Å². The van der Waals surface area contributed by atoms with E-state index in [1.165, 1.54) is 39.0 Å². The Morgan fingerprint density at radius 2 is 0.778 bits per heavy atom. The predicted molar refractivity (Wildman–Crippen MR) is 116 cm³/mol. The van der Waals surface area contributed by atoms with Crippen LogP contribution in [0.25, 0.3) is 11.1 Å². The van der Waals surface area contributed by atoms with Gasteiger partial charge in [0.15, 0.2) is 0 Å². The van der Waals surface area contributed by atoms with E-state index < -0.39 is 0 Å². The first-order valence-electron chi connectivity index (χ1n) is 9.30. The molecule has 0 spiro atoms. The Hall–Kier alpha value is -3.38. The molecule has 4 aromatic carbocycles. The number of rotatable bonds is 4. The highest BCUT2D eigenvalue weighted by Gasteiger charge is 2.15. The zero-order chi connectivity index (χ0) is 18.5. The van der Waals surface area contributed by atoms with Crippen molar-refractivity contribution in [1.82, 2.24) is 0 Å². The molecule has 0 unspecified atom stereocenters. The fourth-order valence-electron chi connectivity index (χ4n) is 3.53. The predicted octanol–water partition coefficient (Wildman–Crippen LogP) is 7.00. The van der Waals surface area contributed by atoms with Gasteiger partial charge in [-0.3, -0.25) is 0 Å². The summed E-state index contributed by atoms with van der Waals surface area (Å²) in [5.41, 5.74) is 8.70. The van der Waals surface area contributed by atoms with Gasteiger partial charge in [0.05, 0.1) is 0 Å². The van der Waals surface area contributed by atoms with Crippen molar-refractivity contribution in [2.75, 3.05) is 0 Å². The van der Waals surface area contributed by atoms with Crippen LogP contribution in [0.1, 0.15) is 27.8 Å². The van der Waals surface area contributed by atoms with E-state index in [9.17, 15) is 0 Å². The lowest BCUT2D eigenvalue weighted by Gasteiger charge is -2.18. The molecular formula is C27H22. The molecule has 4 aromatic rings. The lowest BCUT2D eigenvalue weighted by Crippen LogP contribution is -1.97. The topological polar surface area (TPSA) is 0 Å². The summed E-state index contributed by atoms with van der Waals surface area (Å²) in [6.45, 7) is 2.15. The quantitative estimate of drug-likeness (QED) is 0.349. The molecule has 0 saturated carbocycles. The second kappa shape index (κ2) is 7.88.